The Kier molecular flexibility index (Phi) is 5.51. The molecule has 6 nitrogen and oxygen atoms in total. The molecule has 148 valence electrons. The number of ether oxygens (including phenoxy) is 1. The third-order valence-corrected chi connectivity index (χ3v) is 5.04. The molecule has 4 aromatic rings. The van der Waals surface area contributed by atoms with Gasteiger partial charge in [0.05, 0.1) is 7.11 Å². The van der Waals surface area contributed by atoms with Gasteiger partial charge >= 0.3 is 6.01 Å². The lowest BCUT2D eigenvalue weighted by Crippen LogP contribution is -1.99. The molecule has 2 N–H and O–H groups in total. The molecular weight excluding hydrogens is 416 g/mol. The highest BCUT2D eigenvalue weighted by Gasteiger charge is 2.16. The highest BCUT2D eigenvalue weighted by molar-refractivity contribution is 6.36. The molecule has 0 unspecified atom stereocenters. The average Bonchev–Trinajstić information content (AvgIpc) is 3.14. The van der Waals surface area contributed by atoms with E-state index in [4.69, 9.17) is 27.9 Å². The molecule has 0 amide bonds. The van der Waals surface area contributed by atoms with Crippen molar-refractivity contribution in [3.8, 4) is 6.01 Å². The van der Waals surface area contributed by atoms with Crippen LogP contribution in [0.1, 0.15) is 17.0 Å². The Morgan fingerprint density at radius 3 is 2.41 bits per heavy atom. The zero-order chi connectivity index (χ0) is 20.4. The van der Waals surface area contributed by atoms with Crippen LogP contribution in [0, 0.1) is 0 Å². The Bertz CT molecular complexity index is 1140. The molecule has 0 aliphatic heterocycles. The molecule has 4 rings (SSSR count). The Labute approximate surface area is 176 Å². The van der Waals surface area contributed by atoms with E-state index in [0.29, 0.717) is 44.8 Å². The average molecular weight is 432 g/mol. The predicted molar refractivity (Wildman–Crippen MR) is 112 cm³/mol. The van der Waals surface area contributed by atoms with Gasteiger partial charge in [0, 0.05) is 22.2 Å². The molecule has 0 bridgehead atoms. The number of hydrogen-bond donors (Lipinski definition) is 2. The minimum atomic E-state index is -0.515. The highest BCUT2D eigenvalue weighted by Crippen LogP contribution is 2.29. The molecule has 29 heavy (non-hydrogen) atoms. The summed E-state index contributed by atoms with van der Waals surface area (Å²) >= 11 is 12.6. The van der Waals surface area contributed by atoms with Gasteiger partial charge in [0.2, 0.25) is 0 Å². The van der Waals surface area contributed by atoms with Crippen molar-refractivity contribution >= 4 is 45.9 Å². The van der Waals surface area contributed by atoms with Gasteiger partial charge in [-0.15, -0.1) is 0 Å². The van der Waals surface area contributed by atoms with E-state index in [1.807, 2.05) is 0 Å². The van der Waals surface area contributed by atoms with Crippen LogP contribution in [0.4, 0.5) is 15.9 Å². The first-order valence-electron chi connectivity index (χ1n) is 8.73. The van der Waals surface area contributed by atoms with E-state index >= 15 is 0 Å². The largest absolute Gasteiger partial charge is 0.467 e. The predicted octanol–water partition coefficient (Wildman–Crippen LogP) is 5.47. The third-order valence-electron chi connectivity index (χ3n) is 4.33. The standard InChI is InChI=1S/C20H16Cl2FN5O/c1-29-20-27-18(24-12-7-5-11(10-23)6-8-12)17-19(28-20)26-16(25-17)9-13-14(21)3-2-4-15(13)22/h2-8H,9-10H2,1H3,(H2,24,25,26,27,28). The molecule has 0 saturated heterocycles. The highest BCUT2D eigenvalue weighted by atomic mass is 35.5. The number of benzene rings is 2. The molecule has 9 heteroatoms. The van der Waals surface area contributed by atoms with Crippen LogP contribution in [0.5, 0.6) is 6.01 Å². The van der Waals surface area contributed by atoms with E-state index < -0.39 is 6.67 Å². The maximum absolute atomic E-state index is 12.7. The number of methoxy groups -OCH3 is 1. The van der Waals surface area contributed by atoms with E-state index in [1.54, 1.807) is 42.5 Å². The van der Waals surface area contributed by atoms with Crippen LogP contribution in [-0.4, -0.2) is 27.0 Å². The Balaban J connectivity index is 1.72. The molecule has 0 fully saturated rings. The number of halogens is 3. The lowest BCUT2D eigenvalue weighted by Gasteiger charge is -2.07. The number of hydrogen-bond acceptors (Lipinski definition) is 5. The second-order valence-corrected chi connectivity index (χ2v) is 7.09. The topological polar surface area (TPSA) is 75.7 Å². The summed E-state index contributed by atoms with van der Waals surface area (Å²) in [4.78, 5) is 16.5. The second-order valence-electron chi connectivity index (χ2n) is 6.27. The van der Waals surface area contributed by atoms with E-state index in [2.05, 4.69) is 25.3 Å². The Morgan fingerprint density at radius 2 is 1.76 bits per heavy atom. The van der Waals surface area contributed by atoms with E-state index in [1.165, 1.54) is 7.11 Å². The molecular formula is C20H16Cl2FN5O. The molecule has 0 aliphatic carbocycles. The third kappa shape index (κ3) is 4.11. The van der Waals surface area contributed by atoms with Crippen LogP contribution in [0.3, 0.4) is 0 Å². The van der Waals surface area contributed by atoms with Crippen molar-refractivity contribution in [3.05, 3.63) is 69.5 Å². The van der Waals surface area contributed by atoms with Crippen molar-refractivity contribution < 1.29 is 9.13 Å². The normalized spacial score (nSPS) is 11.0. The summed E-state index contributed by atoms with van der Waals surface area (Å²) in [6.45, 7) is -0.515. The maximum Gasteiger partial charge on any atom is 0.320 e. The SMILES string of the molecule is COc1nc(Nc2ccc(CF)cc2)c2nc(Cc3c(Cl)cccc3Cl)[nH]c2n1. The summed E-state index contributed by atoms with van der Waals surface area (Å²) < 4.78 is 17.9. The molecule has 0 saturated carbocycles. The van der Waals surface area contributed by atoms with Gasteiger partial charge < -0.3 is 15.0 Å². The van der Waals surface area contributed by atoms with E-state index in [0.717, 1.165) is 11.3 Å². The van der Waals surface area contributed by atoms with E-state index in [-0.39, 0.29) is 6.01 Å². The quantitative estimate of drug-likeness (QED) is 0.423. The van der Waals surface area contributed by atoms with Crippen LogP contribution < -0.4 is 10.1 Å². The number of H-pyrrole nitrogens is 1. The van der Waals surface area contributed by atoms with Gasteiger partial charge in [-0.2, -0.15) is 9.97 Å². The van der Waals surface area contributed by atoms with Crippen molar-refractivity contribution in [2.75, 3.05) is 12.4 Å². The van der Waals surface area contributed by atoms with Crippen molar-refractivity contribution in [2.45, 2.75) is 13.1 Å². The summed E-state index contributed by atoms with van der Waals surface area (Å²) in [7, 11) is 1.49. The summed E-state index contributed by atoms with van der Waals surface area (Å²) in [5.74, 6) is 1.10. The summed E-state index contributed by atoms with van der Waals surface area (Å²) in [5.41, 5.74) is 3.16. The number of nitrogens with one attached hydrogen (secondary N) is 2. The van der Waals surface area contributed by atoms with Gasteiger partial charge in [0.25, 0.3) is 0 Å². The van der Waals surface area contributed by atoms with Gasteiger partial charge in [0.15, 0.2) is 17.0 Å². The first-order valence-corrected chi connectivity index (χ1v) is 9.48. The van der Waals surface area contributed by atoms with Gasteiger partial charge in [-0.05, 0) is 35.4 Å². The fourth-order valence-corrected chi connectivity index (χ4v) is 3.40. The monoisotopic (exact) mass is 431 g/mol. The molecule has 2 aromatic carbocycles. The number of rotatable bonds is 6. The first-order chi connectivity index (χ1) is 14.1. The number of imidazole rings is 1. The summed E-state index contributed by atoms with van der Waals surface area (Å²) in [6.07, 6.45) is 0.405. The van der Waals surface area contributed by atoms with Crippen molar-refractivity contribution in [1.82, 2.24) is 19.9 Å². The van der Waals surface area contributed by atoms with Crippen LogP contribution in [0.2, 0.25) is 10.0 Å². The Morgan fingerprint density at radius 1 is 1.03 bits per heavy atom. The second kappa shape index (κ2) is 8.23. The van der Waals surface area contributed by atoms with Gasteiger partial charge in [-0.3, -0.25) is 0 Å². The fraction of sp³-hybridized carbons (Fsp3) is 0.150. The lowest BCUT2D eigenvalue weighted by molar-refractivity contribution is 0.382. The lowest BCUT2D eigenvalue weighted by atomic mass is 10.1. The molecule has 0 aliphatic rings. The van der Waals surface area contributed by atoms with Crippen LogP contribution in [0.15, 0.2) is 42.5 Å². The zero-order valence-electron chi connectivity index (χ0n) is 15.3. The number of nitrogens with zero attached hydrogens (tertiary/aromatic N) is 3. The van der Waals surface area contributed by atoms with Crippen LogP contribution in [0.25, 0.3) is 11.2 Å². The van der Waals surface area contributed by atoms with Gasteiger partial charge in [-0.1, -0.05) is 41.4 Å². The minimum absolute atomic E-state index is 0.186. The van der Waals surface area contributed by atoms with Crippen molar-refractivity contribution in [2.24, 2.45) is 0 Å². The smallest absolute Gasteiger partial charge is 0.320 e. The first kappa shape index (κ1) is 19.4. The summed E-state index contributed by atoms with van der Waals surface area (Å²) in [6, 6.07) is 12.5. The fourth-order valence-electron chi connectivity index (χ4n) is 2.87. The minimum Gasteiger partial charge on any atom is -0.467 e. The van der Waals surface area contributed by atoms with Gasteiger partial charge in [-0.25, -0.2) is 9.37 Å². The zero-order valence-corrected chi connectivity index (χ0v) is 16.9. The van der Waals surface area contributed by atoms with Crippen LogP contribution in [-0.2, 0) is 13.1 Å². The molecule has 2 aromatic heterocycles. The summed E-state index contributed by atoms with van der Waals surface area (Å²) in [5, 5.41) is 4.31. The number of fused-ring (bicyclic) bond motifs is 1. The van der Waals surface area contributed by atoms with E-state index in [9.17, 15) is 4.39 Å². The molecule has 0 spiro atoms. The number of aromatic nitrogens is 4. The molecule has 0 atom stereocenters. The van der Waals surface area contributed by atoms with Gasteiger partial charge in [0.1, 0.15) is 12.5 Å². The van der Waals surface area contributed by atoms with Crippen LogP contribution >= 0.6 is 23.2 Å². The maximum atomic E-state index is 12.7. The number of aromatic amines is 1. The van der Waals surface area contributed by atoms with Crippen molar-refractivity contribution in [3.63, 3.8) is 0 Å². The molecule has 0 radical (unpaired) electrons. The number of anilines is 2. The Hall–Kier alpha value is -2.90. The van der Waals surface area contributed by atoms with Crippen molar-refractivity contribution in [1.29, 1.82) is 0 Å². The molecule has 2 heterocycles. The number of alkyl halides is 1.